The van der Waals surface area contributed by atoms with Crippen LogP contribution in [-0.2, 0) is 21.3 Å². The number of nitrogens with zero attached hydrogens (tertiary/aromatic N) is 1. The minimum absolute atomic E-state index is 0.00406. The molecule has 3 aromatic rings. The van der Waals surface area contributed by atoms with Crippen LogP contribution >= 0.6 is 0 Å². The minimum Gasteiger partial charge on any atom is -0.496 e. The lowest BCUT2D eigenvalue weighted by molar-refractivity contribution is 0.0505. The Kier molecular flexibility index (Phi) is 7.49. The zero-order valence-corrected chi connectivity index (χ0v) is 19.8. The molecule has 1 N–H and O–H groups in total. The van der Waals surface area contributed by atoms with Crippen LogP contribution in [0.25, 0.3) is 0 Å². The number of anilines is 1. The molecular formula is C26H28N2O5S. The van der Waals surface area contributed by atoms with Gasteiger partial charge in [-0.2, -0.15) is 0 Å². The topological polar surface area (TPSA) is 84.9 Å². The first-order valence-electron chi connectivity index (χ1n) is 11.2. The van der Waals surface area contributed by atoms with Crippen LogP contribution in [0.4, 0.5) is 5.69 Å². The first-order valence-corrected chi connectivity index (χ1v) is 12.7. The van der Waals surface area contributed by atoms with Crippen LogP contribution in [0.3, 0.4) is 0 Å². The lowest BCUT2D eigenvalue weighted by Gasteiger charge is -2.26. The Balaban J connectivity index is 1.52. The molecule has 3 aromatic carbocycles. The Morgan fingerprint density at radius 2 is 1.74 bits per heavy atom. The maximum absolute atomic E-state index is 13.4. The van der Waals surface area contributed by atoms with Gasteiger partial charge < -0.3 is 14.4 Å². The van der Waals surface area contributed by atoms with Crippen LogP contribution in [0.15, 0.2) is 83.8 Å². The van der Waals surface area contributed by atoms with Crippen molar-refractivity contribution in [1.29, 1.82) is 0 Å². The minimum atomic E-state index is -3.70. The molecule has 1 aliphatic rings. The first-order chi connectivity index (χ1) is 16.5. The van der Waals surface area contributed by atoms with Gasteiger partial charge >= 0.3 is 0 Å². The Morgan fingerprint density at radius 1 is 1.03 bits per heavy atom. The third-order valence-corrected chi connectivity index (χ3v) is 7.12. The molecule has 0 bridgehead atoms. The van der Waals surface area contributed by atoms with E-state index in [1.54, 1.807) is 54.5 Å². The zero-order valence-electron chi connectivity index (χ0n) is 19.0. The number of nitrogens with one attached hydrogen (secondary N) is 1. The summed E-state index contributed by atoms with van der Waals surface area (Å²) in [5.41, 5.74) is 1.76. The Hall–Kier alpha value is -3.36. The van der Waals surface area contributed by atoms with Gasteiger partial charge in [0, 0.05) is 36.5 Å². The van der Waals surface area contributed by atoms with E-state index in [2.05, 4.69) is 4.72 Å². The maximum Gasteiger partial charge on any atom is 0.261 e. The molecule has 0 radical (unpaired) electrons. The standard InChI is InChI=1S/C26H28N2O5S/c1-32-25-12-6-5-8-21(25)18-28(19-23-9-7-17-33-23)26(29)20-13-15-22(16-14-20)27-34(30,31)24-10-3-2-4-11-24/h2-6,8,10-16,23,27H,7,9,17-19H2,1H3. The number of amides is 1. The molecule has 7 nitrogen and oxygen atoms in total. The Bertz CT molecular complexity index is 1210. The van der Waals surface area contributed by atoms with Crippen LogP contribution in [0.5, 0.6) is 5.75 Å². The third kappa shape index (κ3) is 5.76. The number of para-hydroxylation sites is 1. The molecule has 0 spiro atoms. The molecule has 1 aliphatic heterocycles. The zero-order chi connectivity index (χ0) is 24.0. The van der Waals surface area contributed by atoms with Crippen LogP contribution in [-0.4, -0.2) is 45.6 Å². The van der Waals surface area contributed by atoms with Gasteiger partial charge in [0.05, 0.1) is 18.1 Å². The lowest BCUT2D eigenvalue weighted by Crippen LogP contribution is -2.37. The predicted octanol–water partition coefficient (Wildman–Crippen LogP) is 4.32. The van der Waals surface area contributed by atoms with Gasteiger partial charge in [-0.3, -0.25) is 9.52 Å². The molecular weight excluding hydrogens is 452 g/mol. The molecule has 8 heteroatoms. The molecule has 1 unspecified atom stereocenters. The molecule has 34 heavy (non-hydrogen) atoms. The molecule has 1 heterocycles. The number of carbonyl (C=O) groups excluding carboxylic acids is 1. The smallest absolute Gasteiger partial charge is 0.261 e. The van der Waals surface area contributed by atoms with Gasteiger partial charge in [0.25, 0.3) is 15.9 Å². The Labute approximate surface area is 200 Å². The number of carbonyl (C=O) groups is 1. The van der Waals surface area contributed by atoms with Gasteiger partial charge in [-0.25, -0.2) is 8.42 Å². The van der Waals surface area contributed by atoms with Crippen LogP contribution in [0, 0.1) is 0 Å². The van der Waals surface area contributed by atoms with Gasteiger partial charge in [0.15, 0.2) is 0 Å². The fraction of sp³-hybridized carbons (Fsp3) is 0.269. The largest absolute Gasteiger partial charge is 0.496 e. The summed E-state index contributed by atoms with van der Waals surface area (Å²) in [6, 6.07) is 22.2. The summed E-state index contributed by atoms with van der Waals surface area (Å²) in [6.45, 7) is 1.56. The fourth-order valence-corrected chi connectivity index (χ4v) is 5.05. The van der Waals surface area contributed by atoms with E-state index in [1.165, 1.54) is 12.1 Å². The van der Waals surface area contributed by atoms with E-state index < -0.39 is 10.0 Å². The van der Waals surface area contributed by atoms with Crippen LogP contribution < -0.4 is 9.46 Å². The van der Waals surface area contributed by atoms with Crippen LogP contribution in [0.2, 0.25) is 0 Å². The van der Waals surface area contributed by atoms with Crippen molar-refractivity contribution < 1.29 is 22.7 Å². The number of hydrogen-bond donors (Lipinski definition) is 1. The van der Waals surface area contributed by atoms with Gasteiger partial charge in [0.2, 0.25) is 0 Å². The van der Waals surface area contributed by atoms with E-state index in [-0.39, 0.29) is 16.9 Å². The Morgan fingerprint density at radius 3 is 2.41 bits per heavy atom. The summed E-state index contributed by atoms with van der Waals surface area (Å²) in [5.74, 6) is 0.567. The maximum atomic E-state index is 13.4. The number of hydrogen-bond acceptors (Lipinski definition) is 5. The van der Waals surface area contributed by atoms with E-state index in [4.69, 9.17) is 9.47 Å². The molecule has 0 aliphatic carbocycles. The molecule has 178 valence electrons. The van der Waals surface area contributed by atoms with Gasteiger partial charge in [-0.1, -0.05) is 36.4 Å². The fourth-order valence-electron chi connectivity index (χ4n) is 3.97. The second-order valence-electron chi connectivity index (χ2n) is 8.13. The van der Waals surface area contributed by atoms with Crippen LogP contribution in [0.1, 0.15) is 28.8 Å². The second-order valence-corrected chi connectivity index (χ2v) is 9.81. The summed E-state index contributed by atoms with van der Waals surface area (Å²) in [7, 11) is -2.09. The summed E-state index contributed by atoms with van der Waals surface area (Å²) in [4.78, 5) is 15.4. The summed E-state index contributed by atoms with van der Waals surface area (Å²) < 4.78 is 38.9. The average molecular weight is 481 g/mol. The summed E-state index contributed by atoms with van der Waals surface area (Å²) >= 11 is 0. The van der Waals surface area contributed by atoms with E-state index in [0.717, 1.165) is 24.2 Å². The van der Waals surface area contributed by atoms with Crippen molar-refractivity contribution in [2.75, 3.05) is 25.0 Å². The van der Waals surface area contributed by atoms with Crippen molar-refractivity contribution in [1.82, 2.24) is 4.90 Å². The molecule has 1 saturated heterocycles. The van der Waals surface area contributed by atoms with E-state index >= 15 is 0 Å². The van der Waals surface area contributed by atoms with Gasteiger partial charge in [0.1, 0.15) is 5.75 Å². The van der Waals surface area contributed by atoms with E-state index in [9.17, 15) is 13.2 Å². The SMILES string of the molecule is COc1ccccc1CN(CC1CCCO1)C(=O)c1ccc(NS(=O)(=O)c2ccccc2)cc1. The first kappa shape index (κ1) is 23.8. The second kappa shape index (κ2) is 10.7. The highest BCUT2D eigenvalue weighted by Gasteiger charge is 2.25. The number of ether oxygens (including phenoxy) is 2. The van der Waals surface area contributed by atoms with E-state index in [0.29, 0.717) is 30.9 Å². The van der Waals surface area contributed by atoms with Gasteiger partial charge in [-0.15, -0.1) is 0 Å². The predicted molar refractivity (Wildman–Crippen MR) is 130 cm³/mol. The van der Waals surface area contributed by atoms with Crippen molar-refractivity contribution in [3.8, 4) is 5.75 Å². The highest BCUT2D eigenvalue weighted by Crippen LogP contribution is 2.23. The highest BCUT2D eigenvalue weighted by atomic mass is 32.2. The summed E-state index contributed by atoms with van der Waals surface area (Å²) in [6.07, 6.45) is 1.89. The monoisotopic (exact) mass is 480 g/mol. The third-order valence-electron chi connectivity index (χ3n) is 5.73. The summed E-state index contributed by atoms with van der Waals surface area (Å²) in [5, 5.41) is 0. The normalized spacial score (nSPS) is 15.6. The molecule has 1 fully saturated rings. The van der Waals surface area contributed by atoms with Crippen molar-refractivity contribution in [3.05, 3.63) is 90.0 Å². The molecule has 1 amide bonds. The molecule has 1 atom stereocenters. The molecule has 4 rings (SSSR count). The highest BCUT2D eigenvalue weighted by molar-refractivity contribution is 7.92. The average Bonchev–Trinajstić information content (AvgIpc) is 3.37. The van der Waals surface area contributed by atoms with Gasteiger partial charge in [-0.05, 0) is 55.3 Å². The van der Waals surface area contributed by atoms with Crippen molar-refractivity contribution >= 4 is 21.6 Å². The quantitative estimate of drug-likeness (QED) is 0.493. The molecule has 0 aromatic heterocycles. The number of benzene rings is 3. The molecule has 0 saturated carbocycles. The van der Waals surface area contributed by atoms with Crippen molar-refractivity contribution in [2.24, 2.45) is 0 Å². The van der Waals surface area contributed by atoms with Crippen molar-refractivity contribution in [3.63, 3.8) is 0 Å². The number of sulfonamides is 1. The van der Waals surface area contributed by atoms with E-state index in [1.807, 2.05) is 24.3 Å². The lowest BCUT2D eigenvalue weighted by atomic mass is 10.1. The number of methoxy groups -OCH3 is 1. The van der Waals surface area contributed by atoms with Crippen molar-refractivity contribution in [2.45, 2.75) is 30.4 Å². The number of rotatable bonds is 9.